The van der Waals surface area contributed by atoms with Crippen molar-refractivity contribution in [2.75, 3.05) is 0 Å². The molecule has 1 aromatic carbocycles. The molecule has 0 aromatic heterocycles. The van der Waals surface area contributed by atoms with Crippen LogP contribution in [0.4, 0.5) is 0 Å². The summed E-state index contributed by atoms with van der Waals surface area (Å²) in [5.41, 5.74) is 1.27. The zero-order chi connectivity index (χ0) is 8.23. The van der Waals surface area contributed by atoms with E-state index < -0.39 is 0 Å². The number of rotatable bonds is 2. The average molecular weight is 158 g/mol. The second-order valence-corrected chi connectivity index (χ2v) is 3.49. The number of benzene rings is 1. The lowest BCUT2D eigenvalue weighted by Gasteiger charge is -2.06. The van der Waals surface area contributed by atoms with Gasteiger partial charge in [0.05, 0.1) is 0 Å². The molecule has 1 aromatic rings. The van der Waals surface area contributed by atoms with Gasteiger partial charge < -0.3 is 0 Å². The van der Waals surface area contributed by atoms with Gasteiger partial charge in [0, 0.05) is 6.42 Å². The molecule has 12 heavy (non-hydrogen) atoms. The number of hydrogen-bond donors (Lipinski definition) is 0. The van der Waals surface area contributed by atoms with Crippen molar-refractivity contribution in [1.29, 1.82) is 0 Å². The van der Waals surface area contributed by atoms with E-state index in [0.29, 0.717) is 0 Å². The molecule has 0 bridgehead atoms. The Balaban J connectivity index is 1.94. The summed E-state index contributed by atoms with van der Waals surface area (Å²) in [6.45, 7) is 0. The molecular formula is C12H14. The van der Waals surface area contributed by atoms with E-state index in [4.69, 9.17) is 0 Å². The van der Waals surface area contributed by atoms with Gasteiger partial charge in [-0.05, 0) is 24.3 Å². The van der Waals surface area contributed by atoms with Crippen molar-refractivity contribution >= 4 is 0 Å². The fourth-order valence-corrected chi connectivity index (χ4v) is 1.84. The molecule has 1 aliphatic rings. The van der Waals surface area contributed by atoms with Gasteiger partial charge in [0.25, 0.3) is 0 Å². The fourth-order valence-electron chi connectivity index (χ4n) is 1.84. The first-order chi connectivity index (χ1) is 5.95. The summed E-state index contributed by atoms with van der Waals surface area (Å²) in [4.78, 5) is 0. The maximum Gasteiger partial charge on any atom is 0.0198 e. The first-order valence-electron chi connectivity index (χ1n) is 4.77. The molecule has 62 valence electrons. The summed E-state index contributed by atoms with van der Waals surface area (Å²) in [5, 5.41) is 0. The monoisotopic (exact) mass is 158 g/mol. The Hall–Kier alpha value is -0.780. The van der Waals surface area contributed by atoms with Crippen LogP contribution in [0.5, 0.6) is 0 Å². The van der Waals surface area contributed by atoms with Gasteiger partial charge in [-0.1, -0.05) is 43.2 Å². The minimum absolute atomic E-state index is 0.729. The molecule has 1 fully saturated rings. The maximum atomic E-state index is 3.54. The largest absolute Gasteiger partial charge is 0.0622 e. The van der Waals surface area contributed by atoms with Crippen LogP contribution in [0.1, 0.15) is 31.2 Å². The molecule has 0 nitrogen and oxygen atoms in total. The van der Waals surface area contributed by atoms with Gasteiger partial charge in [-0.15, -0.1) is 0 Å². The molecule has 1 saturated carbocycles. The highest BCUT2D eigenvalue weighted by Crippen LogP contribution is 2.29. The Morgan fingerprint density at radius 1 is 1.00 bits per heavy atom. The second-order valence-electron chi connectivity index (χ2n) is 3.49. The van der Waals surface area contributed by atoms with Crippen molar-refractivity contribution in [2.24, 2.45) is 5.92 Å². The second kappa shape index (κ2) is 3.75. The van der Waals surface area contributed by atoms with Gasteiger partial charge in [-0.2, -0.15) is 0 Å². The van der Waals surface area contributed by atoms with E-state index in [2.05, 4.69) is 36.8 Å². The van der Waals surface area contributed by atoms with E-state index >= 15 is 0 Å². The van der Waals surface area contributed by atoms with Gasteiger partial charge in [0.2, 0.25) is 0 Å². The van der Waals surface area contributed by atoms with Crippen LogP contribution in [0.25, 0.3) is 0 Å². The van der Waals surface area contributed by atoms with Gasteiger partial charge in [0.1, 0.15) is 0 Å². The van der Waals surface area contributed by atoms with Crippen LogP contribution in [-0.2, 0) is 0 Å². The lowest BCUT2D eigenvalue weighted by Crippen LogP contribution is -1.94. The molecule has 0 unspecified atom stereocenters. The third-order valence-corrected chi connectivity index (χ3v) is 2.50. The van der Waals surface area contributed by atoms with E-state index in [1.165, 1.54) is 31.2 Å². The first kappa shape index (κ1) is 7.85. The lowest BCUT2D eigenvalue weighted by molar-refractivity contribution is 0.646. The summed E-state index contributed by atoms with van der Waals surface area (Å²) in [5.74, 6) is 0.729. The third kappa shape index (κ3) is 1.88. The Kier molecular flexibility index (Phi) is 2.45. The Morgan fingerprint density at radius 3 is 2.33 bits per heavy atom. The minimum atomic E-state index is 0.729. The molecule has 2 rings (SSSR count). The van der Waals surface area contributed by atoms with Crippen molar-refractivity contribution in [2.45, 2.75) is 25.7 Å². The lowest BCUT2D eigenvalue weighted by atomic mass is 9.98. The highest BCUT2D eigenvalue weighted by atomic mass is 14.2. The van der Waals surface area contributed by atoms with E-state index in [-0.39, 0.29) is 0 Å². The Morgan fingerprint density at radius 2 is 1.67 bits per heavy atom. The van der Waals surface area contributed by atoms with Crippen LogP contribution < -0.4 is 0 Å². The smallest absolute Gasteiger partial charge is 0.0198 e. The minimum Gasteiger partial charge on any atom is -0.0622 e. The molecule has 0 N–H and O–H groups in total. The molecule has 0 heterocycles. The Labute approximate surface area is 74.6 Å². The molecule has 0 spiro atoms. The van der Waals surface area contributed by atoms with E-state index in [1.807, 2.05) is 0 Å². The van der Waals surface area contributed by atoms with Crippen molar-refractivity contribution < 1.29 is 0 Å². The molecular weight excluding hydrogens is 144 g/mol. The predicted octanol–water partition coefficient (Wildman–Crippen LogP) is 3.31. The van der Waals surface area contributed by atoms with Gasteiger partial charge in [0.15, 0.2) is 0 Å². The summed E-state index contributed by atoms with van der Waals surface area (Å²) in [6.07, 6.45) is 9.01. The molecule has 0 heteroatoms. The zero-order valence-electron chi connectivity index (χ0n) is 7.29. The summed E-state index contributed by atoms with van der Waals surface area (Å²) >= 11 is 0. The molecule has 0 saturated heterocycles. The van der Waals surface area contributed by atoms with Crippen molar-refractivity contribution in [3.8, 4) is 0 Å². The maximum absolute atomic E-state index is 3.54. The SMILES string of the molecule is [C](c1ccccc1)C1CCCC1. The normalized spacial score (nSPS) is 18.3. The predicted molar refractivity (Wildman–Crippen MR) is 50.7 cm³/mol. The van der Waals surface area contributed by atoms with Crippen LogP contribution in [0.3, 0.4) is 0 Å². The molecule has 0 atom stereocenters. The van der Waals surface area contributed by atoms with E-state index in [1.54, 1.807) is 0 Å². The van der Waals surface area contributed by atoms with Crippen LogP contribution in [0.2, 0.25) is 0 Å². The van der Waals surface area contributed by atoms with E-state index in [0.717, 1.165) is 5.92 Å². The third-order valence-electron chi connectivity index (χ3n) is 2.50. The van der Waals surface area contributed by atoms with Crippen LogP contribution >= 0.6 is 0 Å². The van der Waals surface area contributed by atoms with Crippen molar-refractivity contribution in [3.05, 3.63) is 42.3 Å². The van der Waals surface area contributed by atoms with Gasteiger partial charge in [-0.3, -0.25) is 0 Å². The quantitative estimate of drug-likeness (QED) is 0.619. The summed E-state index contributed by atoms with van der Waals surface area (Å²) < 4.78 is 0. The summed E-state index contributed by atoms with van der Waals surface area (Å²) in [7, 11) is 0. The zero-order valence-corrected chi connectivity index (χ0v) is 7.29. The molecule has 0 aliphatic heterocycles. The summed E-state index contributed by atoms with van der Waals surface area (Å²) in [6, 6.07) is 10.5. The topological polar surface area (TPSA) is 0 Å². The standard InChI is InChI=1S/C12H14/c1-2-6-11(7-3-1)10-12-8-4-5-9-12/h1-3,6-7,12H,4-5,8-9H2. The van der Waals surface area contributed by atoms with Gasteiger partial charge >= 0.3 is 0 Å². The number of hydrogen-bond acceptors (Lipinski definition) is 0. The van der Waals surface area contributed by atoms with Crippen LogP contribution in [0, 0.1) is 12.3 Å². The fraction of sp³-hybridized carbons (Fsp3) is 0.417. The van der Waals surface area contributed by atoms with Crippen molar-refractivity contribution in [1.82, 2.24) is 0 Å². The average Bonchev–Trinajstić information content (AvgIpc) is 2.59. The highest BCUT2D eigenvalue weighted by molar-refractivity contribution is 5.23. The van der Waals surface area contributed by atoms with Crippen molar-refractivity contribution in [3.63, 3.8) is 0 Å². The van der Waals surface area contributed by atoms with E-state index in [9.17, 15) is 0 Å². The molecule has 0 amide bonds. The Bertz CT molecular complexity index is 219. The molecule has 2 radical (unpaired) electrons. The van der Waals surface area contributed by atoms with Crippen LogP contribution in [0.15, 0.2) is 30.3 Å². The van der Waals surface area contributed by atoms with Gasteiger partial charge in [-0.25, -0.2) is 0 Å². The molecule has 1 aliphatic carbocycles. The highest BCUT2D eigenvalue weighted by Gasteiger charge is 2.15. The first-order valence-corrected chi connectivity index (χ1v) is 4.77. The van der Waals surface area contributed by atoms with Crippen LogP contribution in [-0.4, -0.2) is 0 Å².